The molecule has 0 radical (unpaired) electrons. The lowest BCUT2D eigenvalue weighted by molar-refractivity contribution is -0.164. The minimum absolute atomic E-state index is 0.0404. The Hall–Kier alpha value is -3.13. The predicted octanol–water partition coefficient (Wildman–Crippen LogP) is 6.37. The second kappa shape index (κ2) is 10.7. The van der Waals surface area contributed by atoms with Gasteiger partial charge in [-0.05, 0) is 37.5 Å². The molecule has 0 spiro atoms. The van der Waals surface area contributed by atoms with Crippen molar-refractivity contribution in [3.05, 3.63) is 126 Å². The molecule has 40 heavy (non-hydrogen) atoms. The van der Waals surface area contributed by atoms with Crippen molar-refractivity contribution in [2.75, 3.05) is 0 Å². The fraction of sp³-hybridized carbons (Fsp3) is 0.333. The number of aliphatic hydroxyl groups is 1. The number of hydrogen-bond acceptors (Lipinski definition) is 4. The summed E-state index contributed by atoms with van der Waals surface area (Å²) >= 11 is 1.79. The number of carbonyl (C=O) groups excluding carboxylic acids is 1. The largest absolute Gasteiger partial charge is 0.387 e. The first-order valence-electron chi connectivity index (χ1n) is 13.9. The number of amides is 1. The maximum Gasteiger partial charge on any atom is 0.232 e. The van der Waals surface area contributed by atoms with Gasteiger partial charge in [-0.25, -0.2) is 0 Å². The summed E-state index contributed by atoms with van der Waals surface area (Å²) in [7, 11) is 0.0160. The van der Waals surface area contributed by atoms with Crippen LogP contribution in [-0.4, -0.2) is 45.4 Å². The highest BCUT2D eigenvalue weighted by Gasteiger charge is 2.70. The van der Waals surface area contributed by atoms with E-state index in [4.69, 9.17) is 0 Å². The van der Waals surface area contributed by atoms with Crippen LogP contribution in [0.1, 0.15) is 49.1 Å². The van der Waals surface area contributed by atoms with Crippen molar-refractivity contribution in [2.24, 2.45) is 7.05 Å². The van der Waals surface area contributed by atoms with Crippen LogP contribution in [0.2, 0.25) is 18.1 Å². The van der Waals surface area contributed by atoms with E-state index >= 15 is 0 Å². The Morgan fingerprint density at radius 2 is 1.32 bits per heavy atom. The number of aliphatic hydroxyl groups excluding tert-OH is 1. The average molecular weight is 570 g/mol. The molecule has 0 aliphatic carbocycles. The fourth-order valence-electron chi connectivity index (χ4n) is 6.22. The van der Waals surface area contributed by atoms with Gasteiger partial charge in [-0.1, -0.05) is 104 Å². The van der Waals surface area contributed by atoms with Crippen molar-refractivity contribution < 1.29 is 9.90 Å². The second-order valence-corrected chi connectivity index (χ2v) is 16.6. The first-order chi connectivity index (χ1) is 19.0. The van der Waals surface area contributed by atoms with E-state index in [-0.39, 0.29) is 11.3 Å². The summed E-state index contributed by atoms with van der Waals surface area (Å²) in [6, 6.07) is 31.7. The van der Waals surface area contributed by atoms with Crippen molar-refractivity contribution in [1.82, 2.24) is 14.7 Å². The number of aryl methyl sites for hydroxylation is 1. The van der Waals surface area contributed by atoms with E-state index in [1.165, 1.54) is 0 Å². The molecule has 1 amide bonds. The summed E-state index contributed by atoms with van der Waals surface area (Å²) in [6.45, 7) is 10.7. The molecule has 0 bridgehead atoms. The van der Waals surface area contributed by atoms with Gasteiger partial charge in [0.15, 0.2) is 0 Å². The van der Waals surface area contributed by atoms with E-state index in [2.05, 4.69) is 112 Å². The summed E-state index contributed by atoms with van der Waals surface area (Å²) in [5, 5.41) is 15.3. The maximum atomic E-state index is 14.5. The van der Waals surface area contributed by atoms with Gasteiger partial charge in [0.2, 0.25) is 5.91 Å². The zero-order chi connectivity index (χ0) is 28.7. The predicted molar refractivity (Wildman–Crippen MR) is 167 cm³/mol. The minimum Gasteiger partial charge on any atom is -0.387 e. The number of benzene rings is 3. The number of likely N-dealkylation sites (tertiary alicyclic amines) is 1. The monoisotopic (exact) mass is 569 g/mol. The van der Waals surface area contributed by atoms with Crippen molar-refractivity contribution >= 4 is 26.5 Å². The molecule has 4 aromatic rings. The molecule has 1 aromatic heterocycles. The van der Waals surface area contributed by atoms with Gasteiger partial charge >= 0.3 is 0 Å². The van der Waals surface area contributed by atoms with Crippen LogP contribution in [0.5, 0.6) is 0 Å². The van der Waals surface area contributed by atoms with Crippen LogP contribution in [0.25, 0.3) is 0 Å². The molecule has 3 aromatic carbocycles. The smallest absolute Gasteiger partial charge is 0.232 e. The Labute approximate surface area is 243 Å². The van der Waals surface area contributed by atoms with Gasteiger partial charge in [-0.3, -0.25) is 9.48 Å². The maximum absolute atomic E-state index is 14.5. The van der Waals surface area contributed by atoms with E-state index in [0.717, 1.165) is 16.7 Å². The normalized spacial score (nSPS) is 20.4. The highest BCUT2D eigenvalue weighted by atomic mass is 32.2. The van der Waals surface area contributed by atoms with Crippen LogP contribution in [0.3, 0.4) is 0 Å². The van der Waals surface area contributed by atoms with Crippen LogP contribution >= 0.6 is 11.8 Å². The van der Waals surface area contributed by atoms with E-state index in [1.54, 1.807) is 22.6 Å². The van der Waals surface area contributed by atoms with Gasteiger partial charge in [0, 0.05) is 24.3 Å². The van der Waals surface area contributed by atoms with Gasteiger partial charge in [-0.15, -0.1) is 11.8 Å². The fourth-order valence-corrected chi connectivity index (χ4v) is 11.5. The van der Waals surface area contributed by atoms with Crippen LogP contribution in [0.4, 0.5) is 0 Å². The van der Waals surface area contributed by atoms with E-state index in [0.29, 0.717) is 5.56 Å². The zero-order valence-corrected chi connectivity index (χ0v) is 26.1. The summed E-state index contributed by atoms with van der Waals surface area (Å²) < 4.78 is 1.07. The van der Waals surface area contributed by atoms with Gasteiger partial charge in [0.05, 0.1) is 36.3 Å². The van der Waals surface area contributed by atoms with Gasteiger partial charge in [0.1, 0.15) is 0 Å². The van der Waals surface area contributed by atoms with Gasteiger partial charge in [0.25, 0.3) is 0 Å². The molecule has 1 saturated heterocycles. The van der Waals surface area contributed by atoms with Crippen LogP contribution in [0.15, 0.2) is 103 Å². The Morgan fingerprint density at radius 1 is 0.875 bits per heavy atom. The quantitative estimate of drug-likeness (QED) is 0.152. The Balaban J connectivity index is 1.79. The lowest BCUT2D eigenvalue weighted by atomic mass is 9.83. The Bertz CT molecular complexity index is 1360. The summed E-state index contributed by atoms with van der Waals surface area (Å²) in [5.74, 6) is 0.0404. The molecular formula is C33H39N3O2SSi. The lowest BCUT2D eigenvalue weighted by Crippen LogP contribution is -2.74. The number of nitrogens with zero attached hydrogens (tertiary/aromatic N) is 3. The van der Waals surface area contributed by atoms with Gasteiger partial charge in [-0.2, -0.15) is 5.10 Å². The Kier molecular flexibility index (Phi) is 7.59. The lowest BCUT2D eigenvalue weighted by Gasteiger charge is -2.64. The third kappa shape index (κ3) is 4.44. The molecule has 208 valence electrons. The molecule has 5 rings (SSSR count). The first-order valence-corrected chi connectivity index (χ1v) is 17.7. The molecule has 1 N–H and O–H groups in total. The molecule has 1 aliphatic rings. The number of rotatable bonds is 8. The van der Waals surface area contributed by atoms with Crippen molar-refractivity contribution in [2.45, 2.75) is 60.7 Å². The van der Waals surface area contributed by atoms with Crippen LogP contribution in [-0.2, 0) is 16.6 Å². The number of aromatic nitrogens is 2. The van der Waals surface area contributed by atoms with Crippen LogP contribution in [0, 0.1) is 0 Å². The second-order valence-electron chi connectivity index (χ2n) is 12.0. The van der Waals surface area contributed by atoms with E-state index < -0.39 is 30.2 Å². The molecule has 3 unspecified atom stereocenters. The molecule has 2 heterocycles. The van der Waals surface area contributed by atoms with E-state index in [1.807, 2.05) is 36.3 Å². The standard InChI is InChI=1S/C33H39N3O2SSi/c1-31(2,3)36-29(38)33(40(5)6,28(37)24-22-34-35(4)23-24)30(36)39-32(25-16-10-7-11-17-25,26-18-12-8-13-19-26)27-20-14-9-15-21-27/h7-23,28,30,37,40H,1-6H3. The molecule has 3 atom stereocenters. The van der Waals surface area contributed by atoms with Crippen molar-refractivity contribution in [3.63, 3.8) is 0 Å². The molecule has 1 fully saturated rings. The third-order valence-corrected chi connectivity index (χ3v) is 13.1. The molecule has 1 aliphatic heterocycles. The zero-order valence-electron chi connectivity index (χ0n) is 24.2. The minimum atomic E-state index is -1.83. The number of β-lactam (4-membered cyclic amide) rings is 1. The molecule has 0 saturated carbocycles. The number of thioether (sulfide) groups is 1. The highest BCUT2D eigenvalue weighted by Crippen LogP contribution is 2.67. The summed E-state index contributed by atoms with van der Waals surface area (Å²) in [6.07, 6.45) is 2.60. The Morgan fingerprint density at radius 3 is 1.68 bits per heavy atom. The van der Waals surface area contributed by atoms with E-state index in [9.17, 15) is 9.90 Å². The number of hydrogen-bond donors (Lipinski definition) is 1. The third-order valence-electron chi connectivity index (χ3n) is 8.23. The first kappa shape index (κ1) is 28.4. The average Bonchev–Trinajstić information content (AvgIpc) is 3.38. The molecule has 7 heteroatoms. The topological polar surface area (TPSA) is 58.4 Å². The van der Waals surface area contributed by atoms with Gasteiger partial charge < -0.3 is 10.0 Å². The SMILES string of the molecule is Cn1cc(C(O)C2([SiH](C)C)C(=O)N(C(C)(C)C)C2SC(c2ccccc2)(c2ccccc2)c2ccccc2)cn1. The summed E-state index contributed by atoms with van der Waals surface area (Å²) in [5.41, 5.74) is 3.69. The van der Waals surface area contributed by atoms with Crippen molar-refractivity contribution in [1.29, 1.82) is 0 Å². The molecule has 5 nitrogen and oxygen atoms in total. The summed E-state index contributed by atoms with van der Waals surface area (Å²) in [4.78, 5) is 16.5. The van der Waals surface area contributed by atoms with Crippen molar-refractivity contribution in [3.8, 4) is 0 Å². The highest BCUT2D eigenvalue weighted by molar-refractivity contribution is 8.01. The molecular weight excluding hydrogens is 531 g/mol. The van der Waals surface area contributed by atoms with Crippen LogP contribution < -0.4 is 0 Å². The number of carbonyl (C=O) groups is 1.